The Hall–Kier alpha value is -0.420. The third-order valence-electron chi connectivity index (χ3n) is 2.46. The third kappa shape index (κ3) is 4.61. The fourth-order valence-corrected chi connectivity index (χ4v) is 2.00. The van der Waals surface area contributed by atoms with Crippen molar-refractivity contribution in [2.75, 3.05) is 26.9 Å². The molecule has 0 heterocycles. The predicted octanol–water partition coefficient (Wildman–Crippen LogP) is 0.443. The van der Waals surface area contributed by atoms with E-state index in [-0.39, 0.29) is 6.54 Å². The summed E-state index contributed by atoms with van der Waals surface area (Å²) in [4.78, 5) is 12.0. The molecule has 2 atom stereocenters. The van der Waals surface area contributed by atoms with Gasteiger partial charge in [0, 0.05) is 6.54 Å². The minimum absolute atomic E-state index is 0.147. The van der Waals surface area contributed by atoms with Crippen LogP contribution in [0.3, 0.4) is 0 Å². The first kappa shape index (κ1) is 15.6. The Morgan fingerprint density at radius 1 is 1.44 bits per heavy atom. The van der Waals surface area contributed by atoms with Gasteiger partial charge in [0.1, 0.15) is 19.2 Å². The normalized spacial score (nSPS) is 15.9. The summed E-state index contributed by atoms with van der Waals surface area (Å²) < 4.78 is 11.6. The highest BCUT2D eigenvalue weighted by atomic mass is 31.2. The van der Waals surface area contributed by atoms with Crippen LogP contribution >= 0.6 is 7.14 Å². The molecule has 2 unspecified atom stereocenters. The van der Waals surface area contributed by atoms with Crippen molar-refractivity contribution < 1.29 is 19.7 Å². The molecule has 0 aliphatic heterocycles. The molecular formula is C9H21N2O4P. The van der Waals surface area contributed by atoms with Gasteiger partial charge < -0.3 is 9.67 Å². The minimum atomic E-state index is -2.57. The molecule has 16 heavy (non-hydrogen) atoms. The van der Waals surface area contributed by atoms with Crippen LogP contribution in [0.5, 0.6) is 0 Å². The predicted molar refractivity (Wildman–Crippen MR) is 61.9 cm³/mol. The first-order valence-electron chi connectivity index (χ1n) is 5.09. The van der Waals surface area contributed by atoms with Crippen molar-refractivity contribution in [1.29, 1.82) is 0 Å². The minimum Gasteiger partial charge on any atom is -0.384 e. The lowest BCUT2D eigenvalue weighted by molar-refractivity contribution is -0.177. The Labute approximate surface area is 96.2 Å². The van der Waals surface area contributed by atoms with Gasteiger partial charge in [-0.15, -0.1) is 0 Å². The van der Waals surface area contributed by atoms with E-state index < -0.39 is 19.2 Å². The van der Waals surface area contributed by atoms with Crippen molar-refractivity contribution in [1.82, 2.24) is 9.96 Å². The van der Waals surface area contributed by atoms with Crippen LogP contribution in [0.15, 0.2) is 0 Å². The van der Waals surface area contributed by atoms with Crippen LogP contribution in [0.4, 0.5) is 0 Å². The van der Waals surface area contributed by atoms with E-state index >= 15 is 0 Å². The average molecular weight is 252 g/mol. The Morgan fingerprint density at radius 2 is 1.94 bits per heavy atom. The number of carbonyl (C=O) groups excluding carboxylic acids is 1. The van der Waals surface area contributed by atoms with Gasteiger partial charge in [0.25, 0.3) is 0 Å². The number of nitrogens with zero attached hydrogens (tertiary/aromatic N) is 2. The van der Waals surface area contributed by atoms with Gasteiger partial charge >= 0.3 is 0 Å². The zero-order valence-electron chi connectivity index (χ0n) is 10.2. The number of amides is 1. The monoisotopic (exact) mass is 252 g/mol. The van der Waals surface area contributed by atoms with Gasteiger partial charge in [0.05, 0.1) is 0 Å². The van der Waals surface area contributed by atoms with Gasteiger partial charge in [-0.25, -0.2) is 5.06 Å². The maximum Gasteiger partial charge on any atom is 0.234 e. The molecular weight excluding hydrogens is 231 g/mol. The SMILES string of the molecule is CCC(N(O)C=O)N(C)CC(O)P(C)(C)=O. The lowest BCUT2D eigenvalue weighted by atomic mass is 10.3. The number of aliphatic hydroxyl groups is 1. The molecule has 6 nitrogen and oxygen atoms in total. The van der Waals surface area contributed by atoms with Gasteiger partial charge in [-0.2, -0.15) is 0 Å². The van der Waals surface area contributed by atoms with Crippen LogP contribution in [0.2, 0.25) is 0 Å². The molecule has 0 saturated heterocycles. The van der Waals surface area contributed by atoms with Crippen LogP contribution < -0.4 is 0 Å². The molecule has 1 amide bonds. The van der Waals surface area contributed by atoms with Gasteiger partial charge in [-0.05, 0) is 26.8 Å². The second-order valence-electron chi connectivity index (χ2n) is 4.23. The van der Waals surface area contributed by atoms with Crippen molar-refractivity contribution in [3.8, 4) is 0 Å². The third-order valence-corrected chi connectivity index (χ3v) is 4.06. The Kier molecular flexibility index (Phi) is 6.18. The van der Waals surface area contributed by atoms with Crippen molar-refractivity contribution >= 4 is 13.6 Å². The molecule has 0 bridgehead atoms. The van der Waals surface area contributed by atoms with E-state index in [0.717, 1.165) is 0 Å². The molecule has 96 valence electrons. The van der Waals surface area contributed by atoms with Crippen molar-refractivity contribution in [3.63, 3.8) is 0 Å². The van der Waals surface area contributed by atoms with Crippen LogP contribution in [0.25, 0.3) is 0 Å². The summed E-state index contributed by atoms with van der Waals surface area (Å²) in [5.74, 6) is -0.952. The molecule has 0 aromatic heterocycles. The van der Waals surface area contributed by atoms with E-state index in [1.807, 2.05) is 0 Å². The molecule has 0 spiro atoms. The summed E-state index contributed by atoms with van der Waals surface area (Å²) in [6, 6.07) is 0. The van der Waals surface area contributed by atoms with E-state index in [4.69, 9.17) is 0 Å². The molecule has 0 rings (SSSR count). The largest absolute Gasteiger partial charge is 0.384 e. The lowest BCUT2D eigenvalue weighted by Crippen LogP contribution is -2.46. The molecule has 0 fully saturated rings. The Balaban J connectivity index is 4.48. The molecule has 7 heteroatoms. The first-order chi connectivity index (χ1) is 7.23. The molecule has 0 aromatic rings. The number of carbonyl (C=O) groups is 1. The van der Waals surface area contributed by atoms with E-state index in [0.29, 0.717) is 17.9 Å². The maximum absolute atomic E-state index is 11.6. The van der Waals surface area contributed by atoms with Crippen molar-refractivity contribution in [2.24, 2.45) is 0 Å². The molecule has 2 N–H and O–H groups in total. The number of aliphatic hydroxyl groups excluding tert-OH is 1. The molecule has 0 aliphatic rings. The van der Waals surface area contributed by atoms with Crippen molar-refractivity contribution in [3.05, 3.63) is 0 Å². The van der Waals surface area contributed by atoms with Gasteiger partial charge in [-0.1, -0.05) is 6.92 Å². The molecule has 0 radical (unpaired) electrons. The summed E-state index contributed by atoms with van der Waals surface area (Å²) in [6.45, 7) is 4.96. The number of hydrogen-bond donors (Lipinski definition) is 2. The Morgan fingerprint density at radius 3 is 2.25 bits per heavy atom. The first-order valence-corrected chi connectivity index (χ1v) is 7.76. The van der Waals surface area contributed by atoms with Gasteiger partial charge in [0.2, 0.25) is 6.41 Å². The fraction of sp³-hybridized carbons (Fsp3) is 0.889. The van der Waals surface area contributed by atoms with E-state index in [9.17, 15) is 19.7 Å². The van der Waals surface area contributed by atoms with Crippen LogP contribution in [-0.4, -0.2) is 65.6 Å². The van der Waals surface area contributed by atoms with Crippen LogP contribution in [0, 0.1) is 0 Å². The summed E-state index contributed by atoms with van der Waals surface area (Å²) in [7, 11) is -0.922. The lowest BCUT2D eigenvalue weighted by Gasteiger charge is -2.32. The topological polar surface area (TPSA) is 81.1 Å². The highest BCUT2D eigenvalue weighted by Gasteiger charge is 2.26. The summed E-state index contributed by atoms with van der Waals surface area (Å²) in [5, 5.41) is 19.5. The zero-order valence-corrected chi connectivity index (χ0v) is 11.1. The molecule has 0 saturated carbocycles. The summed E-state index contributed by atoms with van der Waals surface area (Å²) in [6.07, 6.45) is 0.309. The standard InChI is InChI=1S/C9H21N2O4P/c1-5-8(11(14)7-12)10(2)6-9(13)16(3,4)15/h7-9,13-14H,5-6H2,1-4H3. The number of rotatable bonds is 7. The van der Waals surface area contributed by atoms with Crippen LogP contribution in [0.1, 0.15) is 13.3 Å². The van der Waals surface area contributed by atoms with E-state index in [1.165, 1.54) is 13.3 Å². The van der Waals surface area contributed by atoms with Gasteiger partial charge in [0.15, 0.2) is 0 Å². The number of likely N-dealkylation sites (N-methyl/N-ethyl adjacent to an activating group) is 1. The van der Waals surface area contributed by atoms with Crippen molar-refractivity contribution in [2.45, 2.75) is 25.4 Å². The molecule has 0 aromatic carbocycles. The average Bonchev–Trinajstić information content (AvgIpc) is 2.16. The maximum atomic E-state index is 11.6. The molecule has 0 aliphatic carbocycles. The second-order valence-corrected chi connectivity index (χ2v) is 7.69. The van der Waals surface area contributed by atoms with Crippen LogP contribution in [-0.2, 0) is 9.36 Å². The second kappa shape index (κ2) is 6.35. The van der Waals surface area contributed by atoms with E-state index in [1.54, 1.807) is 18.9 Å². The summed E-state index contributed by atoms with van der Waals surface area (Å²) in [5.41, 5.74) is 0. The fourth-order valence-electron chi connectivity index (χ4n) is 1.35. The van der Waals surface area contributed by atoms with E-state index in [2.05, 4.69) is 0 Å². The Bertz CT molecular complexity index is 268. The summed E-state index contributed by atoms with van der Waals surface area (Å²) >= 11 is 0. The highest BCUT2D eigenvalue weighted by molar-refractivity contribution is 7.62. The van der Waals surface area contributed by atoms with Gasteiger partial charge in [-0.3, -0.25) is 14.9 Å². The highest BCUT2D eigenvalue weighted by Crippen LogP contribution is 2.41. The number of hydrogen-bond acceptors (Lipinski definition) is 5. The zero-order chi connectivity index (χ0) is 12.9. The quantitative estimate of drug-likeness (QED) is 0.226. The smallest absolute Gasteiger partial charge is 0.234 e. The number of hydroxylamine groups is 2.